The Kier molecular flexibility index (Phi) is 6.79. The van der Waals surface area contributed by atoms with Crippen molar-refractivity contribution >= 4 is 17.7 Å². The molecule has 0 saturated heterocycles. The van der Waals surface area contributed by atoms with E-state index in [4.69, 9.17) is 9.47 Å². The van der Waals surface area contributed by atoms with E-state index < -0.39 is 0 Å². The molecular weight excluding hydrogens is 352 g/mol. The Labute approximate surface area is 164 Å². The van der Waals surface area contributed by atoms with Crippen LogP contribution >= 0.6 is 0 Å². The van der Waals surface area contributed by atoms with Crippen LogP contribution in [0.2, 0.25) is 0 Å². The molecule has 1 heterocycles. The van der Waals surface area contributed by atoms with Crippen molar-refractivity contribution in [3.63, 3.8) is 0 Å². The summed E-state index contributed by atoms with van der Waals surface area (Å²) in [4.78, 5) is 16.2. The van der Waals surface area contributed by atoms with Crippen molar-refractivity contribution in [2.75, 3.05) is 11.9 Å². The number of rotatable bonds is 8. The molecule has 28 heavy (non-hydrogen) atoms. The van der Waals surface area contributed by atoms with Crippen LogP contribution in [0.1, 0.15) is 18.1 Å². The Bertz CT molecular complexity index is 922. The minimum Gasteiger partial charge on any atom is -0.494 e. The molecule has 5 heteroatoms. The number of carbonyl (C=O) groups is 1. The molecule has 0 unspecified atom stereocenters. The van der Waals surface area contributed by atoms with Crippen molar-refractivity contribution in [3.05, 3.63) is 90.3 Å². The average Bonchev–Trinajstić information content (AvgIpc) is 2.73. The minimum absolute atomic E-state index is 0.210. The molecule has 0 aliphatic rings. The quantitative estimate of drug-likeness (QED) is 0.580. The van der Waals surface area contributed by atoms with Gasteiger partial charge in [0.2, 0.25) is 5.91 Å². The molecule has 0 fully saturated rings. The van der Waals surface area contributed by atoms with Crippen molar-refractivity contribution in [2.24, 2.45) is 0 Å². The lowest BCUT2D eigenvalue weighted by Crippen LogP contribution is -2.07. The molecule has 1 aromatic heterocycles. The Morgan fingerprint density at radius 3 is 2.64 bits per heavy atom. The highest BCUT2D eigenvalue weighted by molar-refractivity contribution is 6.02. The fourth-order valence-electron chi connectivity index (χ4n) is 2.51. The third-order valence-electron chi connectivity index (χ3n) is 3.85. The van der Waals surface area contributed by atoms with Crippen molar-refractivity contribution < 1.29 is 14.3 Å². The highest BCUT2D eigenvalue weighted by atomic mass is 16.5. The molecule has 2 aromatic carbocycles. The molecule has 0 atom stereocenters. The molecule has 3 rings (SSSR count). The lowest BCUT2D eigenvalue weighted by Gasteiger charge is -2.08. The number of nitrogens with zero attached hydrogens (tertiary/aromatic N) is 1. The van der Waals surface area contributed by atoms with Gasteiger partial charge in [-0.2, -0.15) is 0 Å². The van der Waals surface area contributed by atoms with Gasteiger partial charge in [0.1, 0.15) is 18.1 Å². The molecule has 0 spiro atoms. The first-order valence-electron chi connectivity index (χ1n) is 9.06. The Balaban J connectivity index is 1.54. The van der Waals surface area contributed by atoms with E-state index in [9.17, 15) is 4.79 Å². The van der Waals surface area contributed by atoms with Crippen molar-refractivity contribution in [1.29, 1.82) is 0 Å². The van der Waals surface area contributed by atoms with Gasteiger partial charge in [-0.05, 0) is 48.9 Å². The number of nitrogens with one attached hydrogen (secondary N) is 1. The van der Waals surface area contributed by atoms with E-state index in [2.05, 4.69) is 10.3 Å². The van der Waals surface area contributed by atoms with Crippen LogP contribution in [0.3, 0.4) is 0 Å². The van der Waals surface area contributed by atoms with Crippen LogP contribution in [0.4, 0.5) is 5.69 Å². The van der Waals surface area contributed by atoms with E-state index in [0.29, 0.717) is 24.7 Å². The molecule has 0 aliphatic carbocycles. The van der Waals surface area contributed by atoms with Crippen LogP contribution in [0.5, 0.6) is 11.5 Å². The van der Waals surface area contributed by atoms with E-state index in [-0.39, 0.29) is 5.91 Å². The molecule has 3 aromatic rings. The number of anilines is 1. The smallest absolute Gasteiger partial charge is 0.248 e. The van der Waals surface area contributed by atoms with E-state index in [1.54, 1.807) is 24.5 Å². The van der Waals surface area contributed by atoms with E-state index >= 15 is 0 Å². The van der Waals surface area contributed by atoms with Gasteiger partial charge < -0.3 is 14.8 Å². The van der Waals surface area contributed by atoms with Crippen LogP contribution in [0, 0.1) is 0 Å². The second kappa shape index (κ2) is 9.92. The topological polar surface area (TPSA) is 60.5 Å². The van der Waals surface area contributed by atoms with Crippen molar-refractivity contribution in [1.82, 2.24) is 4.98 Å². The van der Waals surface area contributed by atoms with E-state index in [0.717, 1.165) is 16.9 Å². The minimum atomic E-state index is -0.210. The summed E-state index contributed by atoms with van der Waals surface area (Å²) in [6, 6.07) is 18.7. The average molecular weight is 374 g/mol. The fourth-order valence-corrected chi connectivity index (χ4v) is 2.51. The summed E-state index contributed by atoms with van der Waals surface area (Å²) in [5, 5.41) is 2.84. The Morgan fingerprint density at radius 1 is 1.04 bits per heavy atom. The zero-order valence-electron chi connectivity index (χ0n) is 15.7. The van der Waals surface area contributed by atoms with Gasteiger partial charge in [0, 0.05) is 35.8 Å². The molecular formula is C23H22N2O3. The molecule has 0 bridgehead atoms. The molecule has 142 valence electrons. The summed E-state index contributed by atoms with van der Waals surface area (Å²) in [5.74, 6) is 1.28. The highest BCUT2D eigenvalue weighted by Crippen LogP contribution is 2.19. The second-order valence-corrected chi connectivity index (χ2v) is 6.00. The van der Waals surface area contributed by atoms with Gasteiger partial charge in [-0.3, -0.25) is 9.78 Å². The number of pyridine rings is 1. The van der Waals surface area contributed by atoms with Gasteiger partial charge in [-0.25, -0.2) is 0 Å². The summed E-state index contributed by atoms with van der Waals surface area (Å²) < 4.78 is 11.2. The summed E-state index contributed by atoms with van der Waals surface area (Å²) in [6.07, 6.45) is 6.74. The monoisotopic (exact) mass is 374 g/mol. The van der Waals surface area contributed by atoms with Gasteiger partial charge in [-0.15, -0.1) is 0 Å². The molecule has 0 aliphatic heterocycles. The summed E-state index contributed by atoms with van der Waals surface area (Å²) in [5.41, 5.74) is 2.58. The second-order valence-electron chi connectivity index (χ2n) is 6.00. The number of ether oxygens (including phenoxy) is 2. The Morgan fingerprint density at radius 2 is 1.89 bits per heavy atom. The molecule has 0 radical (unpaired) electrons. The number of benzene rings is 2. The zero-order valence-corrected chi connectivity index (χ0v) is 15.7. The predicted molar refractivity (Wildman–Crippen MR) is 110 cm³/mol. The first-order valence-corrected chi connectivity index (χ1v) is 9.06. The van der Waals surface area contributed by atoms with E-state index in [1.165, 1.54) is 6.08 Å². The molecule has 0 saturated carbocycles. The number of carbonyl (C=O) groups excluding carboxylic acids is 1. The maximum Gasteiger partial charge on any atom is 0.248 e. The van der Waals surface area contributed by atoms with Crippen molar-refractivity contribution in [3.8, 4) is 11.5 Å². The molecule has 1 N–H and O–H groups in total. The highest BCUT2D eigenvalue weighted by Gasteiger charge is 2.01. The van der Waals surface area contributed by atoms with Gasteiger partial charge in [-0.1, -0.05) is 24.3 Å². The maximum atomic E-state index is 12.2. The van der Waals surface area contributed by atoms with E-state index in [1.807, 2.05) is 61.5 Å². The Hall–Kier alpha value is -3.60. The van der Waals surface area contributed by atoms with Crippen molar-refractivity contribution in [2.45, 2.75) is 13.5 Å². The molecule has 1 amide bonds. The van der Waals surface area contributed by atoms with Crippen LogP contribution in [0.15, 0.2) is 79.1 Å². The number of hydrogen-bond donors (Lipinski definition) is 1. The maximum absolute atomic E-state index is 12.2. The van der Waals surface area contributed by atoms with Gasteiger partial charge in [0.25, 0.3) is 0 Å². The SMILES string of the molecule is CCOc1ccc(/C=C/C(=O)Nc2cccc(OCc3cccnc3)c2)cc1. The normalized spacial score (nSPS) is 10.6. The summed E-state index contributed by atoms with van der Waals surface area (Å²) >= 11 is 0. The predicted octanol–water partition coefficient (Wildman–Crippen LogP) is 4.71. The van der Waals surface area contributed by atoms with Gasteiger partial charge in [0.05, 0.1) is 6.61 Å². The van der Waals surface area contributed by atoms with Gasteiger partial charge in [0.15, 0.2) is 0 Å². The first kappa shape index (κ1) is 19.2. The number of aromatic nitrogens is 1. The lowest BCUT2D eigenvalue weighted by molar-refractivity contribution is -0.111. The third kappa shape index (κ3) is 5.99. The number of hydrogen-bond acceptors (Lipinski definition) is 4. The summed E-state index contributed by atoms with van der Waals surface area (Å²) in [6.45, 7) is 2.99. The molecule has 5 nitrogen and oxygen atoms in total. The third-order valence-corrected chi connectivity index (χ3v) is 3.85. The van der Waals surface area contributed by atoms with Crippen LogP contribution < -0.4 is 14.8 Å². The fraction of sp³-hybridized carbons (Fsp3) is 0.130. The van der Waals surface area contributed by atoms with Gasteiger partial charge >= 0.3 is 0 Å². The lowest BCUT2D eigenvalue weighted by atomic mass is 10.2. The van der Waals surface area contributed by atoms with Crippen LogP contribution in [0.25, 0.3) is 6.08 Å². The summed E-state index contributed by atoms with van der Waals surface area (Å²) in [7, 11) is 0. The largest absolute Gasteiger partial charge is 0.494 e. The van der Waals surface area contributed by atoms with Crippen LogP contribution in [-0.4, -0.2) is 17.5 Å². The number of amides is 1. The van der Waals surface area contributed by atoms with Crippen LogP contribution in [-0.2, 0) is 11.4 Å². The standard InChI is InChI=1S/C23H22N2O3/c1-2-27-21-11-8-18(9-12-21)10-13-23(26)25-20-6-3-7-22(15-20)28-17-19-5-4-14-24-16-19/h3-16H,2,17H2,1H3,(H,25,26)/b13-10+. The zero-order chi connectivity index (χ0) is 19.6. The first-order chi connectivity index (χ1) is 13.7.